The Bertz CT molecular complexity index is 447. The molecule has 0 N–H and O–H groups in total. The summed E-state index contributed by atoms with van der Waals surface area (Å²) in [6.07, 6.45) is 2.64. The molecule has 1 aromatic carbocycles. The van der Waals surface area contributed by atoms with Crippen molar-refractivity contribution in [1.29, 1.82) is 0 Å². The van der Waals surface area contributed by atoms with Gasteiger partial charge in [0.2, 0.25) is 0 Å². The molecule has 0 bridgehead atoms. The number of para-hydroxylation sites is 1. The minimum atomic E-state index is 0.354. The Labute approximate surface area is 80.7 Å². The van der Waals surface area contributed by atoms with Crippen molar-refractivity contribution in [3.63, 3.8) is 0 Å². The van der Waals surface area contributed by atoms with E-state index in [9.17, 15) is 4.79 Å². The van der Waals surface area contributed by atoms with E-state index in [-0.39, 0.29) is 0 Å². The smallest absolute Gasteiger partial charge is 0.139 e. The van der Waals surface area contributed by atoms with Crippen LogP contribution in [0.2, 0.25) is 5.02 Å². The van der Waals surface area contributed by atoms with Gasteiger partial charge in [0.1, 0.15) is 6.29 Å². The highest BCUT2D eigenvalue weighted by atomic mass is 35.5. The predicted molar refractivity (Wildman–Crippen MR) is 53.0 cm³/mol. The number of rotatable bonds is 2. The maximum absolute atomic E-state index is 10.4. The second-order valence-corrected chi connectivity index (χ2v) is 3.22. The molecule has 1 heterocycles. The van der Waals surface area contributed by atoms with Crippen LogP contribution in [0.25, 0.3) is 10.9 Å². The second kappa shape index (κ2) is 3.23. The first-order valence-corrected chi connectivity index (χ1v) is 4.37. The summed E-state index contributed by atoms with van der Waals surface area (Å²) in [4.78, 5) is 10.4. The Hall–Kier alpha value is -1.28. The third-order valence-electron chi connectivity index (χ3n) is 2.01. The molecular weight excluding hydrogens is 186 g/mol. The van der Waals surface area contributed by atoms with E-state index < -0.39 is 0 Å². The van der Waals surface area contributed by atoms with Gasteiger partial charge in [-0.15, -0.1) is 0 Å². The zero-order chi connectivity index (χ0) is 9.26. The molecule has 0 saturated carbocycles. The molecule has 2 nitrogen and oxygen atoms in total. The van der Waals surface area contributed by atoms with Gasteiger partial charge in [-0.3, -0.25) is 0 Å². The summed E-state index contributed by atoms with van der Waals surface area (Å²) in [7, 11) is 0. The van der Waals surface area contributed by atoms with Gasteiger partial charge < -0.3 is 9.36 Å². The number of aromatic nitrogens is 1. The first-order valence-electron chi connectivity index (χ1n) is 4.00. The van der Waals surface area contributed by atoms with Gasteiger partial charge in [-0.05, 0) is 6.07 Å². The third-order valence-corrected chi connectivity index (χ3v) is 2.31. The van der Waals surface area contributed by atoms with Gasteiger partial charge in [0.25, 0.3) is 0 Å². The molecule has 0 fully saturated rings. The number of carbonyl (C=O) groups excluding carboxylic acids is 1. The lowest BCUT2D eigenvalue weighted by atomic mass is 10.2. The predicted octanol–water partition coefficient (Wildman–Crippen LogP) is 2.49. The number of carbonyl (C=O) groups is 1. The molecule has 0 saturated heterocycles. The summed E-state index contributed by atoms with van der Waals surface area (Å²) in [5.41, 5.74) is 1.000. The van der Waals surface area contributed by atoms with Crippen LogP contribution in [0.5, 0.6) is 0 Å². The lowest BCUT2D eigenvalue weighted by molar-refractivity contribution is -0.108. The largest absolute Gasteiger partial charge is 0.339 e. The molecule has 3 heteroatoms. The molecule has 1 aromatic heterocycles. The van der Waals surface area contributed by atoms with Crippen molar-refractivity contribution in [2.75, 3.05) is 0 Å². The van der Waals surface area contributed by atoms with Crippen LogP contribution in [0.3, 0.4) is 0 Å². The molecule has 0 radical (unpaired) electrons. The average molecular weight is 194 g/mol. The van der Waals surface area contributed by atoms with Gasteiger partial charge in [-0.1, -0.05) is 29.8 Å². The molecule has 2 aromatic rings. The average Bonchev–Trinajstić information content (AvgIpc) is 2.46. The van der Waals surface area contributed by atoms with Gasteiger partial charge in [-0.2, -0.15) is 0 Å². The standard InChI is InChI=1S/C10H8ClNO/c11-9-7-12(5-6-13)10-4-2-1-3-8(9)10/h1-4,6-7H,5H2. The second-order valence-electron chi connectivity index (χ2n) is 2.81. The summed E-state index contributed by atoms with van der Waals surface area (Å²) >= 11 is 5.98. The molecular formula is C10H8ClNO. The Morgan fingerprint density at radius 1 is 1.38 bits per heavy atom. The number of halogens is 1. The molecule has 0 aliphatic carbocycles. The maximum Gasteiger partial charge on any atom is 0.139 e. The van der Waals surface area contributed by atoms with Crippen LogP contribution in [-0.4, -0.2) is 10.9 Å². The Morgan fingerprint density at radius 3 is 2.92 bits per heavy atom. The Morgan fingerprint density at radius 2 is 2.15 bits per heavy atom. The van der Waals surface area contributed by atoms with E-state index in [1.165, 1.54) is 0 Å². The summed E-state index contributed by atoms with van der Waals surface area (Å²) in [5, 5.41) is 1.68. The lowest BCUT2D eigenvalue weighted by Gasteiger charge is -1.97. The molecule has 0 amide bonds. The number of benzene rings is 1. The fourth-order valence-corrected chi connectivity index (χ4v) is 1.71. The monoisotopic (exact) mass is 193 g/mol. The SMILES string of the molecule is O=CCn1cc(Cl)c2ccccc21. The normalized spacial score (nSPS) is 10.5. The van der Waals surface area contributed by atoms with Crippen LogP contribution < -0.4 is 0 Å². The fourth-order valence-electron chi connectivity index (χ4n) is 1.43. The number of nitrogens with zero attached hydrogens (tertiary/aromatic N) is 1. The summed E-state index contributed by atoms with van der Waals surface area (Å²) < 4.78 is 1.84. The summed E-state index contributed by atoms with van der Waals surface area (Å²) in [6, 6.07) is 7.75. The first-order chi connectivity index (χ1) is 6.33. The molecule has 0 unspecified atom stereocenters. The Kier molecular flexibility index (Phi) is 2.07. The number of hydrogen-bond donors (Lipinski definition) is 0. The molecule has 0 spiro atoms. The van der Waals surface area contributed by atoms with Crippen molar-refractivity contribution in [2.24, 2.45) is 0 Å². The maximum atomic E-state index is 10.4. The topological polar surface area (TPSA) is 22.0 Å². The highest BCUT2D eigenvalue weighted by molar-refractivity contribution is 6.35. The zero-order valence-corrected chi connectivity index (χ0v) is 7.66. The zero-order valence-electron chi connectivity index (χ0n) is 6.90. The minimum Gasteiger partial charge on any atom is -0.339 e. The van der Waals surface area contributed by atoms with Crippen LogP contribution in [0.4, 0.5) is 0 Å². The van der Waals surface area contributed by atoms with E-state index in [0.29, 0.717) is 11.6 Å². The van der Waals surface area contributed by atoms with E-state index >= 15 is 0 Å². The summed E-state index contributed by atoms with van der Waals surface area (Å²) in [5.74, 6) is 0. The van der Waals surface area contributed by atoms with Crippen LogP contribution in [0, 0.1) is 0 Å². The van der Waals surface area contributed by atoms with Crippen molar-refractivity contribution < 1.29 is 4.79 Å². The van der Waals surface area contributed by atoms with Crippen molar-refractivity contribution in [1.82, 2.24) is 4.57 Å². The molecule has 0 aliphatic rings. The van der Waals surface area contributed by atoms with Crippen LogP contribution in [0.15, 0.2) is 30.5 Å². The van der Waals surface area contributed by atoms with E-state index in [1.807, 2.05) is 28.8 Å². The van der Waals surface area contributed by atoms with E-state index in [2.05, 4.69) is 0 Å². The minimum absolute atomic E-state index is 0.354. The van der Waals surface area contributed by atoms with Gasteiger partial charge in [-0.25, -0.2) is 0 Å². The van der Waals surface area contributed by atoms with Crippen LogP contribution in [-0.2, 0) is 11.3 Å². The highest BCUT2D eigenvalue weighted by Crippen LogP contribution is 2.24. The molecule has 66 valence electrons. The Balaban J connectivity index is 2.70. The van der Waals surface area contributed by atoms with Gasteiger partial charge >= 0.3 is 0 Å². The number of aldehydes is 1. The lowest BCUT2D eigenvalue weighted by Crippen LogP contribution is -1.95. The van der Waals surface area contributed by atoms with Crippen molar-refractivity contribution in [2.45, 2.75) is 6.54 Å². The fraction of sp³-hybridized carbons (Fsp3) is 0.100. The van der Waals surface area contributed by atoms with Crippen molar-refractivity contribution >= 4 is 28.8 Å². The number of fused-ring (bicyclic) bond motifs is 1. The summed E-state index contributed by atoms with van der Waals surface area (Å²) in [6.45, 7) is 0.354. The van der Waals surface area contributed by atoms with Gasteiger partial charge in [0.15, 0.2) is 0 Å². The first kappa shape index (κ1) is 8.32. The third kappa shape index (κ3) is 1.33. The molecule has 13 heavy (non-hydrogen) atoms. The van der Waals surface area contributed by atoms with Crippen LogP contribution >= 0.6 is 11.6 Å². The van der Waals surface area contributed by atoms with Crippen molar-refractivity contribution in [3.05, 3.63) is 35.5 Å². The van der Waals surface area contributed by atoms with E-state index in [1.54, 1.807) is 6.20 Å². The number of hydrogen-bond acceptors (Lipinski definition) is 1. The molecule has 0 atom stereocenters. The van der Waals surface area contributed by atoms with E-state index in [4.69, 9.17) is 11.6 Å². The highest BCUT2D eigenvalue weighted by Gasteiger charge is 2.04. The molecule has 0 aliphatic heterocycles. The van der Waals surface area contributed by atoms with Crippen molar-refractivity contribution in [3.8, 4) is 0 Å². The molecule has 2 rings (SSSR count). The van der Waals surface area contributed by atoms with Crippen LogP contribution in [0.1, 0.15) is 0 Å². The van der Waals surface area contributed by atoms with Gasteiger partial charge in [0.05, 0.1) is 11.6 Å². The van der Waals surface area contributed by atoms with E-state index in [0.717, 1.165) is 17.2 Å². The van der Waals surface area contributed by atoms with Gasteiger partial charge in [0, 0.05) is 17.1 Å². The quantitative estimate of drug-likeness (QED) is 0.672.